The van der Waals surface area contributed by atoms with Crippen molar-refractivity contribution in [2.45, 2.75) is 13.0 Å². The van der Waals surface area contributed by atoms with Crippen LogP contribution in [0.25, 0.3) is 10.6 Å². The molecule has 2 aromatic heterocycles. The van der Waals surface area contributed by atoms with E-state index in [1.165, 1.54) is 11.3 Å². The Morgan fingerprint density at radius 3 is 2.89 bits per heavy atom. The molecule has 0 bridgehead atoms. The Kier molecular flexibility index (Phi) is 3.15. The van der Waals surface area contributed by atoms with Crippen LogP contribution in [0.3, 0.4) is 0 Å². The molecule has 1 aliphatic heterocycles. The number of aromatic nitrogens is 3. The molecule has 0 aromatic carbocycles. The molecule has 94 valence electrons. The molecule has 0 aliphatic carbocycles. The Hall–Kier alpha value is -1.24. The summed E-state index contributed by atoms with van der Waals surface area (Å²) < 4.78 is 5.15. The molecule has 18 heavy (non-hydrogen) atoms. The number of pyridine rings is 1. The van der Waals surface area contributed by atoms with Gasteiger partial charge in [0.05, 0.1) is 24.8 Å². The SMILES string of the molecule is Cc1nnc(-c2cnc(Cl)cc2NC2COC2)s1. The van der Waals surface area contributed by atoms with Gasteiger partial charge in [-0.05, 0) is 13.0 Å². The van der Waals surface area contributed by atoms with E-state index in [0.29, 0.717) is 24.4 Å². The number of rotatable bonds is 3. The van der Waals surface area contributed by atoms with Crippen LogP contribution in [-0.4, -0.2) is 34.4 Å². The standard InChI is InChI=1S/C11H11ClN4OS/c1-6-15-16-11(18-6)8-3-13-10(12)2-9(8)14-7-4-17-5-7/h2-3,7H,4-5H2,1H3,(H,13,14). The van der Waals surface area contributed by atoms with E-state index in [-0.39, 0.29) is 0 Å². The number of hydrogen-bond acceptors (Lipinski definition) is 6. The number of nitrogens with one attached hydrogen (secondary N) is 1. The summed E-state index contributed by atoms with van der Waals surface area (Å²) >= 11 is 7.48. The van der Waals surface area contributed by atoms with E-state index in [4.69, 9.17) is 16.3 Å². The molecule has 0 saturated carbocycles. The Morgan fingerprint density at radius 1 is 1.44 bits per heavy atom. The molecule has 1 fully saturated rings. The third-order valence-electron chi connectivity index (χ3n) is 2.62. The van der Waals surface area contributed by atoms with Gasteiger partial charge in [-0.25, -0.2) is 4.98 Å². The first kappa shape index (κ1) is 11.8. The summed E-state index contributed by atoms with van der Waals surface area (Å²) in [7, 11) is 0. The van der Waals surface area contributed by atoms with Crippen LogP contribution in [-0.2, 0) is 4.74 Å². The zero-order valence-electron chi connectivity index (χ0n) is 9.68. The summed E-state index contributed by atoms with van der Waals surface area (Å²) in [5.41, 5.74) is 1.86. The Morgan fingerprint density at radius 2 is 2.28 bits per heavy atom. The molecule has 0 spiro atoms. The van der Waals surface area contributed by atoms with Crippen molar-refractivity contribution in [2.24, 2.45) is 0 Å². The Bertz CT molecular complexity index is 570. The molecule has 0 unspecified atom stereocenters. The molecule has 1 saturated heterocycles. The van der Waals surface area contributed by atoms with Crippen molar-refractivity contribution < 1.29 is 4.74 Å². The average molecular weight is 283 g/mol. The summed E-state index contributed by atoms with van der Waals surface area (Å²) in [6, 6.07) is 2.14. The highest BCUT2D eigenvalue weighted by atomic mass is 35.5. The maximum atomic E-state index is 5.94. The van der Waals surface area contributed by atoms with Gasteiger partial charge in [0.15, 0.2) is 5.01 Å². The lowest BCUT2D eigenvalue weighted by Gasteiger charge is -2.28. The maximum absolute atomic E-state index is 5.94. The first-order valence-corrected chi connectivity index (χ1v) is 6.72. The Balaban J connectivity index is 1.96. The molecule has 3 rings (SSSR count). The van der Waals surface area contributed by atoms with Crippen LogP contribution in [0.1, 0.15) is 5.01 Å². The highest BCUT2D eigenvalue weighted by Crippen LogP contribution is 2.32. The van der Waals surface area contributed by atoms with Gasteiger partial charge in [0.25, 0.3) is 0 Å². The van der Waals surface area contributed by atoms with E-state index in [9.17, 15) is 0 Å². The predicted octanol–water partition coefficient (Wildman–Crippen LogP) is 2.37. The average Bonchev–Trinajstić information content (AvgIpc) is 2.70. The van der Waals surface area contributed by atoms with Crippen molar-refractivity contribution in [1.82, 2.24) is 15.2 Å². The van der Waals surface area contributed by atoms with Gasteiger partial charge in [-0.2, -0.15) is 0 Å². The van der Waals surface area contributed by atoms with Crippen LogP contribution in [0.4, 0.5) is 5.69 Å². The van der Waals surface area contributed by atoms with Crippen LogP contribution in [0.15, 0.2) is 12.3 Å². The van der Waals surface area contributed by atoms with Crippen LogP contribution in [0.5, 0.6) is 0 Å². The lowest BCUT2D eigenvalue weighted by Crippen LogP contribution is -2.40. The van der Waals surface area contributed by atoms with Gasteiger partial charge >= 0.3 is 0 Å². The summed E-state index contributed by atoms with van der Waals surface area (Å²) in [6.45, 7) is 3.36. The van der Waals surface area contributed by atoms with Crippen LogP contribution < -0.4 is 5.32 Å². The van der Waals surface area contributed by atoms with Gasteiger partial charge in [0, 0.05) is 11.9 Å². The van der Waals surface area contributed by atoms with E-state index < -0.39 is 0 Å². The van der Waals surface area contributed by atoms with Gasteiger partial charge in [-0.1, -0.05) is 22.9 Å². The minimum Gasteiger partial charge on any atom is -0.377 e. The minimum atomic E-state index is 0.330. The predicted molar refractivity (Wildman–Crippen MR) is 71.1 cm³/mol. The van der Waals surface area contributed by atoms with Crippen LogP contribution in [0.2, 0.25) is 5.15 Å². The van der Waals surface area contributed by atoms with Gasteiger partial charge in [0.1, 0.15) is 10.2 Å². The summed E-state index contributed by atoms with van der Waals surface area (Å²) in [6.07, 6.45) is 1.73. The van der Waals surface area contributed by atoms with Crippen molar-refractivity contribution in [3.63, 3.8) is 0 Å². The van der Waals surface area contributed by atoms with Gasteiger partial charge in [-0.15, -0.1) is 10.2 Å². The molecule has 0 radical (unpaired) electrons. The number of hydrogen-bond donors (Lipinski definition) is 1. The maximum Gasteiger partial charge on any atom is 0.151 e. The molecule has 1 N–H and O–H groups in total. The second-order valence-corrected chi connectivity index (χ2v) is 5.63. The number of anilines is 1. The fraction of sp³-hybridized carbons (Fsp3) is 0.364. The molecule has 1 aliphatic rings. The third kappa shape index (κ3) is 2.31. The molecule has 2 aromatic rings. The van der Waals surface area contributed by atoms with Crippen molar-refractivity contribution >= 4 is 28.6 Å². The smallest absolute Gasteiger partial charge is 0.151 e. The normalized spacial score (nSPS) is 15.4. The molecule has 0 atom stereocenters. The summed E-state index contributed by atoms with van der Waals surface area (Å²) in [5, 5.41) is 13.8. The monoisotopic (exact) mass is 282 g/mol. The van der Waals surface area contributed by atoms with Gasteiger partial charge in [-0.3, -0.25) is 0 Å². The quantitative estimate of drug-likeness (QED) is 0.876. The molecular formula is C11H11ClN4OS. The highest BCUT2D eigenvalue weighted by molar-refractivity contribution is 7.14. The number of nitrogens with zero attached hydrogens (tertiary/aromatic N) is 3. The third-order valence-corrected chi connectivity index (χ3v) is 3.70. The Labute approximate surface area is 113 Å². The van der Waals surface area contributed by atoms with E-state index in [0.717, 1.165) is 21.3 Å². The lowest BCUT2D eigenvalue weighted by atomic mass is 10.2. The molecular weight excluding hydrogens is 272 g/mol. The number of ether oxygens (including phenoxy) is 1. The topological polar surface area (TPSA) is 59.9 Å². The fourth-order valence-electron chi connectivity index (χ4n) is 1.66. The van der Waals surface area contributed by atoms with Gasteiger partial charge < -0.3 is 10.1 Å². The number of halogens is 1. The van der Waals surface area contributed by atoms with Crippen molar-refractivity contribution in [2.75, 3.05) is 18.5 Å². The minimum absolute atomic E-state index is 0.330. The molecule has 0 amide bonds. The lowest BCUT2D eigenvalue weighted by molar-refractivity contribution is 0.0211. The zero-order valence-corrected chi connectivity index (χ0v) is 11.3. The summed E-state index contributed by atoms with van der Waals surface area (Å²) in [5.74, 6) is 0. The highest BCUT2D eigenvalue weighted by Gasteiger charge is 2.20. The number of aryl methyl sites for hydroxylation is 1. The second kappa shape index (κ2) is 4.79. The fourth-order valence-corrected chi connectivity index (χ4v) is 2.54. The zero-order chi connectivity index (χ0) is 12.5. The summed E-state index contributed by atoms with van der Waals surface area (Å²) in [4.78, 5) is 4.11. The van der Waals surface area contributed by atoms with E-state index in [1.54, 1.807) is 6.20 Å². The molecule has 3 heterocycles. The van der Waals surface area contributed by atoms with E-state index in [2.05, 4.69) is 20.5 Å². The first-order valence-electron chi connectivity index (χ1n) is 5.52. The van der Waals surface area contributed by atoms with E-state index in [1.807, 2.05) is 13.0 Å². The van der Waals surface area contributed by atoms with Crippen molar-refractivity contribution in [3.05, 3.63) is 22.4 Å². The van der Waals surface area contributed by atoms with Crippen molar-refractivity contribution in [1.29, 1.82) is 0 Å². The largest absolute Gasteiger partial charge is 0.377 e. The second-order valence-electron chi connectivity index (χ2n) is 4.06. The van der Waals surface area contributed by atoms with Crippen molar-refractivity contribution in [3.8, 4) is 10.6 Å². The van der Waals surface area contributed by atoms with E-state index >= 15 is 0 Å². The van der Waals surface area contributed by atoms with Crippen LogP contribution in [0, 0.1) is 6.92 Å². The molecule has 7 heteroatoms. The first-order chi connectivity index (χ1) is 8.72. The van der Waals surface area contributed by atoms with Crippen LogP contribution >= 0.6 is 22.9 Å². The van der Waals surface area contributed by atoms with Gasteiger partial charge in [0.2, 0.25) is 0 Å². The molecule has 5 nitrogen and oxygen atoms in total.